The lowest BCUT2D eigenvalue weighted by atomic mass is 9.92. The normalized spacial score (nSPS) is 19.0. The molecule has 3 nitrogen and oxygen atoms in total. The highest BCUT2D eigenvalue weighted by atomic mass is 35.5. The molecular formula is C12H16ClFN2O. The molecule has 1 aliphatic heterocycles. The highest BCUT2D eigenvalue weighted by Crippen LogP contribution is 2.22. The molecule has 0 bridgehead atoms. The van der Waals surface area contributed by atoms with Crippen molar-refractivity contribution in [2.75, 3.05) is 25.0 Å². The molecule has 0 amide bonds. The van der Waals surface area contributed by atoms with Crippen molar-refractivity contribution >= 4 is 17.3 Å². The molecule has 1 aromatic carbocycles. The average molecular weight is 259 g/mol. The van der Waals surface area contributed by atoms with Crippen LogP contribution in [-0.4, -0.2) is 30.3 Å². The summed E-state index contributed by atoms with van der Waals surface area (Å²) in [5.41, 5.74) is -0.376. The lowest BCUT2D eigenvalue weighted by molar-refractivity contribution is 0.0232. The SMILES string of the molecule is OC1(CNc2ccc(Cl)cc2F)CCNCC1. The van der Waals surface area contributed by atoms with E-state index in [0.29, 0.717) is 30.1 Å². The first-order valence-electron chi connectivity index (χ1n) is 5.71. The van der Waals surface area contributed by atoms with E-state index >= 15 is 0 Å². The average Bonchev–Trinajstić information content (AvgIpc) is 2.29. The van der Waals surface area contributed by atoms with Gasteiger partial charge >= 0.3 is 0 Å². The van der Waals surface area contributed by atoms with Crippen molar-refractivity contribution in [1.29, 1.82) is 0 Å². The van der Waals surface area contributed by atoms with E-state index in [-0.39, 0.29) is 0 Å². The van der Waals surface area contributed by atoms with E-state index in [0.717, 1.165) is 13.1 Å². The molecule has 94 valence electrons. The first-order valence-corrected chi connectivity index (χ1v) is 6.09. The lowest BCUT2D eigenvalue weighted by Crippen LogP contribution is -2.46. The van der Waals surface area contributed by atoms with Crippen LogP contribution in [0.25, 0.3) is 0 Å². The van der Waals surface area contributed by atoms with Gasteiger partial charge in [-0.15, -0.1) is 0 Å². The molecule has 1 saturated heterocycles. The largest absolute Gasteiger partial charge is 0.388 e. The van der Waals surface area contributed by atoms with E-state index in [2.05, 4.69) is 10.6 Å². The fourth-order valence-corrected chi connectivity index (χ4v) is 2.12. The number of hydrogen-bond acceptors (Lipinski definition) is 3. The minimum atomic E-state index is -0.753. The minimum absolute atomic E-state index is 0.354. The second-order valence-corrected chi connectivity index (χ2v) is 4.89. The van der Waals surface area contributed by atoms with E-state index in [1.807, 2.05) is 0 Å². The number of piperidine rings is 1. The molecule has 0 saturated carbocycles. The van der Waals surface area contributed by atoms with Gasteiger partial charge < -0.3 is 15.7 Å². The third-order valence-corrected chi connectivity index (χ3v) is 3.31. The molecule has 3 N–H and O–H groups in total. The molecule has 0 atom stereocenters. The van der Waals surface area contributed by atoms with Gasteiger partial charge in [0.25, 0.3) is 0 Å². The summed E-state index contributed by atoms with van der Waals surface area (Å²) in [6.45, 7) is 1.94. The Morgan fingerprint density at radius 3 is 2.76 bits per heavy atom. The van der Waals surface area contributed by atoms with Gasteiger partial charge in [0.05, 0.1) is 11.3 Å². The smallest absolute Gasteiger partial charge is 0.147 e. The molecule has 2 rings (SSSR count). The van der Waals surface area contributed by atoms with Gasteiger partial charge in [0.15, 0.2) is 0 Å². The molecule has 1 aromatic rings. The van der Waals surface area contributed by atoms with E-state index in [1.165, 1.54) is 6.07 Å². The molecular weight excluding hydrogens is 243 g/mol. The predicted octanol–water partition coefficient (Wildman–Crippen LogP) is 2.01. The first kappa shape index (κ1) is 12.6. The molecule has 1 heterocycles. The zero-order chi connectivity index (χ0) is 12.3. The molecule has 0 radical (unpaired) electrons. The fourth-order valence-electron chi connectivity index (χ4n) is 1.96. The molecule has 1 aliphatic rings. The number of halogens is 2. The summed E-state index contributed by atoms with van der Waals surface area (Å²) in [5, 5.41) is 16.7. The van der Waals surface area contributed by atoms with E-state index in [9.17, 15) is 9.50 Å². The van der Waals surface area contributed by atoms with Crippen LogP contribution in [0.4, 0.5) is 10.1 Å². The van der Waals surface area contributed by atoms with Crippen LogP contribution in [0.1, 0.15) is 12.8 Å². The summed E-state index contributed by atoms with van der Waals surface area (Å²) < 4.78 is 13.5. The van der Waals surface area contributed by atoms with Crippen LogP contribution >= 0.6 is 11.6 Å². The maximum atomic E-state index is 13.5. The Labute approximate surface area is 105 Å². The van der Waals surface area contributed by atoms with Gasteiger partial charge in [-0.25, -0.2) is 4.39 Å². The third-order valence-electron chi connectivity index (χ3n) is 3.07. The Hall–Kier alpha value is -0.840. The van der Waals surface area contributed by atoms with Crippen molar-refractivity contribution in [3.63, 3.8) is 0 Å². The summed E-state index contributed by atoms with van der Waals surface area (Å²) in [7, 11) is 0. The van der Waals surface area contributed by atoms with Crippen LogP contribution in [0.2, 0.25) is 5.02 Å². The van der Waals surface area contributed by atoms with Crippen molar-refractivity contribution in [3.05, 3.63) is 29.0 Å². The molecule has 0 aromatic heterocycles. The predicted molar refractivity (Wildman–Crippen MR) is 67.0 cm³/mol. The van der Waals surface area contributed by atoms with Crippen molar-refractivity contribution in [1.82, 2.24) is 5.32 Å². The number of aliphatic hydroxyl groups is 1. The van der Waals surface area contributed by atoms with Crippen molar-refractivity contribution in [2.45, 2.75) is 18.4 Å². The van der Waals surface area contributed by atoms with E-state index < -0.39 is 11.4 Å². The summed E-state index contributed by atoms with van der Waals surface area (Å²) in [6.07, 6.45) is 1.35. The molecule has 5 heteroatoms. The Kier molecular flexibility index (Phi) is 3.86. The maximum absolute atomic E-state index is 13.5. The Bertz CT molecular complexity index is 394. The van der Waals surface area contributed by atoms with E-state index in [4.69, 9.17) is 11.6 Å². The Morgan fingerprint density at radius 1 is 1.41 bits per heavy atom. The highest BCUT2D eigenvalue weighted by molar-refractivity contribution is 6.30. The summed E-state index contributed by atoms with van der Waals surface area (Å²) >= 11 is 5.67. The van der Waals surface area contributed by atoms with Crippen molar-refractivity contribution in [2.24, 2.45) is 0 Å². The molecule has 0 unspecified atom stereocenters. The quantitative estimate of drug-likeness (QED) is 0.777. The number of benzene rings is 1. The zero-order valence-corrected chi connectivity index (χ0v) is 10.2. The van der Waals surface area contributed by atoms with Gasteiger partial charge in [-0.1, -0.05) is 11.6 Å². The number of nitrogens with one attached hydrogen (secondary N) is 2. The van der Waals surface area contributed by atoms with Gasteiger partial charge in [-0.3, -0.25) is 0 Å². The fraction of sp³-hybridized carbons (Fsp3) is 0.500. The Balaban J connectivity index is 1.97. The van der Waals surface area contributed by atoms with Crippen LogP contribution in [0, 0.1) is 5.82 Å². The lowest BCUT2D eigenvalue weighted by Gasteiger charge is -2.33. The molecule has 1 fully saturated rings. The van der Waals surface area contributed by atoms with Crippen molar-refractivity contribution < 1.29 is 9.50 Å². The molecule has 17 heavy (non-hydrogen) atoms. The number of rotatable bonds is 3. The van der Waals surface area contributed by atoms with Crippen LogP contribution < -0.4 is 10.6 Å². The summed E-state index contributed by atoms with van der Waals surface area (Å²) in [5.74, 6) is -0.393. The Morgan fingerprint density at radius 2 is 2.12 bits per heavy atom. The second kappa shape index (κ2) is 5.21. The molecule has 0 spiro atoms. The first-order chi connectivity index (χ1) is 8.09. The summed E-state index contributed by atoms with van der Waals surface area (Å²) in [6, 6.07) is 4.47. The molecule has 0 aliphatic carbocycles. The zero-order valence-electron chi connectivity index (χ0n) is 9.47. The van der Waals surface area contributed by atoms with Crippen LogP contribution in [0.5, 0.6) is 0 Å². The minimum Gasteiger partial charge on any atom is -0.388 e. The van der Waals surface area contributed by atoms with Gasteiger partial charge in [0, 0.05) is 11.6 Å². The van der Waals surface area contributed by atoms with Crippen molar-refractivity contribution in [3.8, 4) is 0 Å². The second-order valence-electron chi connectivity index (χ2n) is 4.45. The number of hydrogen-bond donors (Lipinski definition) is 3. The van der Waals surface area contributed by atoms with Crippen LogP contribution in [0.3, 0.4) is 0 Å². The van der Waals surface area contributed by atoms with Gasteiger partial charge in [-0.05, 0) is 44.1 Å². The summed E-state index contributed by atoms with van der Waals surface area (Å²) in [4.78, 5) is 0. The van der Waals surface area contributed by atoms with Gasteiger partial charge in [0.2, 0.25) is 0 Å². The topological polar surface area (TPSA) is 44.3 Å². The maximum Gasteiger partial charge on any atom is 0.147 e. The standard InChI is InChI=1S/C12H16ClFN2O/c13-9-1-2-11(10(14)7-9)16-8-12(17)3-5-15-6-4-12/h1-2,7,15-17H,3-6,8H2. The highest BCUT2D eigenvalue weighted by Gasteiger charge is 2.28. The monoisotopic (exact) mass is 258 g/mol. The van der Waals surface area contributed by atoms with E-state index in [1.54, 1.807) is 12.1 Å². The third kappa shape index (κ3) is 3.31. The van der Waals surface area contributed by atoms with Gasteiger partial charge in [0.1, 0.15) is 5.82 Å². The van der Waals surface area contributed by atoms with Gasteiger partial charge in [-0.2, -0.15) is 0 Å². The van der Waals surface area contributed by atoms with Crippen LogP contribution in [-0.2, 0) is 0 Å². The van der Waals surface area contributed by atoms with Crippen LogP contribution in [0.15, 0.2) is 18.2 Å². The number of anilines is 1.